The average Bonchev–Trinajstić information content (AvgIpc) is 3.12. The van der Waals surface area contributed by atoms with Gasteiger partial charge in [0.1, 0.15) is 12.1 Å². The predicted octanol–water partition coefficient (Wildman–Crippen LogP) is 3.32. The Morgan fingerprint density at radius 2 is 1.96 bits per heavy atom. The zero-order chi connectivity index (χ0) is 16.0. The highest BCUT2D eigenvalue weighted by atomic mass is 15.3. The first-order valence-corrected chi connectivity index (χ1v) is 8.13. The molecule has 3 heterocycles. The van der Waals surface area contributed by atoms with E-state index >= 15 is 0 Å². The number of fused-ring (bicyclic) bond motifs is 1. The lowest BCUT2D eigenvalue weighted by atomic mass is 10.0. The van der Waals surface area contributed by atoms with E-state index in [0.717, 1.165) is 35.4 Å². The van der Waals surface area contributed by atoms with Crippen LogP contribution in [-0.4, -0.2) is 26.3 Å². The molecule has 23 heavy (non-hydrogen) atoms. The standard InChI is InChI=1S/C18H21N5/c1-12-17(13(2)22(3)21-12)16-9-6-10-23(16)18-14-7-4-5-8-15(14)19-11-20-18/h4-5,7-8,11,16H,6,9-10H2,1-3H3/t16-/m1/s1. The van der Waals surface area contributed by atoms with Crippen LogP contribution in [0.5, 0.6) is 0 Å². The van der Waals surface area contributed by atoms with Gasteiger partial charge in [0.2, 0.25) is 0 Å². The van der Waals surface area contributed by atoms with Crippen LogP contribution in [-0.2, 0) is 7.05 Å². The van der Waals surface area contributed by atoms with Crippen LogP contribution in [0, 0.1) is 13.8 Å². The minimum Gasteiger partial charge on any atom is -0.349 e. The maximum absolute atomic E-state index is 4.62. The second-order valence-corrected chi connectivity index (χ2v) is 6.27. The van der Waals surface area contributed by atoms with Gasteiger partial charge in [-0.1, -0.05) is 12.1 Å². The van der Waals surface area contributed by atoms with Gasteiger partial charge in [-0.25, -0.2) is 9.97 Å². The van der Waals surface area contributed by atoms with Crippen LogP contribution < -0.4 is 4.90 Å². The van der Waals surface area contributed by atoms with Crippen molar-refractivity contribution in [1.29, 1.82) is 0 Å². The molecule has 0 N–H and O–H groups in total. The van der Waals surface area contributed by atoms with Gasteiger partial charge in [-0.2, -0.15) is 5.10 Å². The van der Waals surface area contributed by atoms with E-state index in [2.05, 4.69) is 45.9 Å². The van der Waals surface area contributed by atoms with Gasteiger partial charge < -0.3 is 4.90 Å². The first-order chi connectivity index (χ1) is 11.2. The van der Waals surface area contributed by atoms with E-state index in [9.17, 15) is 0 Å². The van der Waals surface area contributed by atoms with Crippen LogP contribution in [0.1, 0.15) is 35.8 Å². The Hall–Kier alpha value is -2.43. The fraction of sp³-hybridized carbons (Fsp3) is 0.389. The molecule has 0 amide bonds. The number of nitrogens with zero attached hydrogens (tertiary/aromatic N) is 5. The highest BCUT2D eigenvalue weighted by Gasteiger charge is 2.32. The number of hydrogen-bond acceptors (Lipinski definition) is 4. The first kappa shape index (κ1) is 14.2. The van der Waals surface area contributed by atoms with E-state index < -0.39 is 0 Å². The zero-order valence-electron chi connectivity index (χ0n) is 13.8. The summed E-state index contributed by atoms with van der Waals surface area (Å²) in [6, 6.07) is 8.59. The molecule has 0 bridgehead atoms. The number of anilines is 1. The first-order valence-electron chi connectivity index (χ1n) is 8.13. The number of rotatable bonds is 2. The third kappa shape index (κ3) is 2.19. The molecule has 3 aromatic rings. The molecule has 4 rings (SSSR count). The fourth-order valence-electron chi connectivity index (χ4n) is 3.81. The summed E-state index contributed by atoms with van der Waals surface area (Å²) in [6.45, 7) is 5.29. The molecule has 0 saturated carbocycles. The Morgan fingerprint density at radius 1 is 1.13 bits per heavy atom. The van der Waals surface area contributed by atoms with Gasteiger partial charge in [-0.05, 0) is 38.8 Å². The number of hydrogen-bond donors (Lipinski definition) is 0. The van der Waals surface area contributed by atoms with E-state index in [1.807, 2.05) is 23.9 Å². The summed E-state index contributed by atoms with van der Waals surface area (Å²) in [6.07, 6.45) is 4.00. The van der Waals surface area contributed by atoms with Crippen molar-refractivity contribution < 1.29 is 0 Å². The van der Waals surface area contributed by atoms with Crippen molar-refractivity contribution in [2.45, 2.75) is 32.7 Å². The molecule has 2 aromatic heterocycles. The molecular weight excluding hydrogens is 286 g/mol. The van der Waals surface area contributed by atoms with Crippen molar-refractivity contribution in [2.75, 3.05) is 11.4 Å². The summed E-state index contributed by atoms with van der Waals surface area (Å²) in [4.78, 5) is 11.4. The highest BCUT2D eigenvalue weighted by molar-refractivity contribution is 5.89. The van der Waals surface area contributed by atoms with E-state index in [0.29, 0.717) is 6.04 Å². The lowest BCUT2D eigenvalue weighted by Crippen LogP contribution is -2.24. The Morgan fingerprint density at radius 3 is 2.74 bits per heavy atom. The normalized spacial score (nSPS) is 18.0. The van der Waals surface area contributed by atoms with Crippen LogP contribution in [0.25, 0.3) is 10.9 Å². The highest BCUT2D eigenvalue weighted by Crippen LogP contribution is 2.39. The predicted molar refractivity (Wildman–Crippen MR) is 91.5 cm³/mol. The maximum atomic E-state index is 4.62. The van der Waals surface area contributed by atoms with Gasteiger partial charge in [0.15, 0.2) is 0 Å². The van der Waals surface area contributed by atoms with E-state index in [1.54, 1.807) is 6.33 Å². The minimum atomic E-state index is 0.349. The molecule has 5 heteroatoms. The lowest BCUT2D eigenvalue weighted by Gasteiger charge is -2.27. The summed E-state index contributed by atoms with van der Waals surface area (Å²) < 4.78 is 1.99. The van der Waals surface area contributed by atoms with Gasteiger partial charge in [0.25, 0.3) is 0 Å². The molecule has 1 fully saturated rings. The van der Waals surface area contributed by atoms with Crippen molar-refractivity contribution in [3.05, 3.63) is 47.5 Å². The number of benzene rings is 1. The van der Waals surface area contributed by atoms with Crippen LogP contribution in [0.4, 0.5) is 5.82 Å². The molecule has 1 aliphatic heterocycles. The Balaban J connectivity index is 1.84. The molecule has 1 atom stereocenters. The number of para-hydroxylation sites is 1. The van der Waals surface area contributed by atoms with Gasteiger partial charge in [-0.3, -0.25) is 4.68 Å². The van der Waals surface area contributed by atoms with Crippen LogP contribution in [0.15, 0.2) is 30.6 Å². The van der Waals surface area contributed by atoms with Crippen molar-refractivity contribution >= 4 is 16.7 Å². The van der Waals surface area contributed by atoms with E-state index in [1.165, 1.54) is 17.7 Å². The van der Waals surface area contributed by atoms with Gasteiger partial charge in [0, 0.05) is 30.2 Å². The summed E-state index contributed by atoms with van der Waals surface area (Å²) in [5.41, 5.74) is 4.73. The molecule has 1 saturated heterocycles. The van der Waals surface area contributed by atoms with E-state index in [-0.39, 0.29) is 0 Å². The molecule has 0 aliphatic carbocycles. The fourth-order valence-corrected chi connectivity index (χ4v) is 3.81. The van der Waals surface area contributed by atoms with Gasteiger partial charge in [0.05, 0.1) is 17.3 Å². The third-order valence-electron chi connectivity index (χ3n) is 4.94. The van der Waals surface area contributed by atoms with Crippen molar-refractivity contribution in [3.63, 3.8) is 0 Å². The largest absolute Gasteiger partial charge is 0.349 e. The maximum Gasteiger partial charge on any atom is 0.140 e. The van der Waals surface area contributed by atoms with Crippen molar-refractivity contribution in [3.8, 4) is 0 Å². The summed E-state index contributed by atoms with van der Waals surface area (Å²) in [5.74, 6) is 1.04. The average molecular weight is 307 g/mol. The quantitative estimate of drug-likeness (QED) is 0.728. The van der Waals surface area contributed by atoms with Gasteiger partial charge >= 0.3 is 0 Å². The number of aryl methyl sites for hydroxylation is 2. The smallest absolute Gasteiger partial charge is 0.140 e. The van der Waals surface area contributed by atoms with E-state index in [4.69, 9.17) is 0 Å². The Bertz CT molecular complexity index is 862. The molecule has 118 valence electrons. The third-order valence-corrected chi connectivity index (χ3v) is 4.94. The molecule has 0 radical (unpaired) electrons. The summed E-state index contributed by atoms with van der Waals surface area (Å²) in [7, 11) is 2.02. The lowest BCUT2D eigenvalue weighted by molar-refractivity contribution is 0.694. The van der Waals surface area contributed by atoms with Crippen molar-refractivity contribution in [1.82, 2.24) is 19.7 Å². The van der Waals surface area contributed by atoms with Crippen LogP contribution >= 0.6 is 0 Å². The van der Waals surface area contributed by atoms with Crippen LogP contribution in [0.2, 0.25) is 0 Å². The van der Waals surface area contributed by atoms with Crippen molar-refractivity contribution in [2.24, 2.45) is 7.05 Å². The molecule has 5 nitrogen and oxygen atoms in total. The SMILES string of the molecule is Cc1nn(C)c(C)c1[C@H]1CCCN1c1ncnc2ccccc12. The molecule has 0 spiro atoms. The second kappa shape index (κ2) is 5.33. The number of aromatic nitrogens is 4. The summed E-state index contributed by atoms with van der Waals surface area (Å²) >= 11 is 0. The van der Waals surface area contributed by atoms with Gasteiger partial charge in [-0.15, -0.1) is 0 Å². The Kier molecular flexibility index (Phi) is 3.29. The second-order valence-electron chi connectivity index (χ2n) is 6.27. The Labute approximate surface area is 136 Å². The summed E-state index contributed by atoms with van der Waals surface area (Å²) in [5, 5.41) is 5.73. The molecular formula is C18H21N5. The molecule has 1 aromatic carbocycles. The topological polar surface area (TPSA) is 46.8 Å². The zero-order valence-corrected chi connectivity index (χ0v) is 13.8. The monoisotopic (exact) mass is 307 g/mol. The molecule has 0 unspecified atom stereocenters. The molecule has 1 aliphatic rings. The minimum absolute atomic E-state index is 0.349. The van der Waals surface area contributed by atoms with Crippen LogP contribution in [0.3, 0.4) is 0 Å².